The summed E-state index contributed by atoms with van der Waals surface area (Å²) < 4.78 is 128. The van der Waals surface area contributed by atoms with Gasteiger partial charge in [0.1, 0.15) is 6.42 Å². The monoisotopic (exact) mass is 476 g/mol. The molecule has 0 aromatic heterocycles. The van der Waals surface area contributed by atoms with Crippen LogP contribution in [0.25, 0.3) is 0 Å². The van der Waals surface area contributed by atoms with Gasteiger partial charge in [-0.05, 0) is 20.3 Å². The fourth-order valence-electron chi connectivity index (χ4n) is 1.64. The first-order valence-corrected chi connectivity index (χ1v) is 8.56. The Balaban J connectivity index is 4.59. The highest BCUT2D eigenvalue weighted by atomic mass is 19.4. The second kappa shape index (κ2) is 9.98. The van der Waals surface area contributed by atoms with Crippen molar-refractivity contribution in [3.05, 3.63) is 12.3 Å². The molecule has 0 heterocycles. The molecule has 0 aliphatic rings. The van der Waals surface area contributed by atoms with E-state index >= 15 is 0 Å². The van der Waals surface area contributed by atoms with Crippen LogP contribution in [-0.4, -0.2) is 49.3 Å². The third-order valence-electron chi connectivity index (χ3n) is 4.12. The Bertz CT molecular complexity index is 657. The Morgan fingerprint density at radius 1 is 0.839 bits per heavy atom. The highest BCUT2D eigenvalue weighted by Crippen LogP contribution is 2.53. The second-order valence-electron chi connectivity index (χ2n) is 6.97. The van der Waals surface area contributed by atoms with Crippen LogP contribution < -0.4 is 0 Å². The summed E-state index contributed by atoms with van der Waals surface area (Å²) in [6.07, 6.45) is -9.55. The molecule has 0 saturated carbocycles. The van der Waals surface area contributed by atoms with E-state index in [1.54, 1.807) is 20.8 Å². The van der Waals surface area contributed by atoms with Gasteiger partial charge in [-0.25, -0.2) is 0 Å². The van der Waals surface area contributed by atoms with Crippen LogP contribution in [0.1, 0.15) is 40.0 Å². The average molecular weight is 476 g/mol. The van der Waals surface area contributed by atoms with Crippen molar-refractivity contribution in [2.75, 3.05) is 13.4 Å². The summed E-state index contributed by atoms with van der Waals surface area (Å²) in [7, 11) is 0. The van der Waals surface area contributed by atoms with Gasteiger partial charge in [-0.1, -0.05) is 13.5 Å². The SMILES string of the molecule is C=C(CC(=O)OCOC(=O)C(C)(C)CC)OCCC(F)(F)C(F)(F)C(F)(F)C(F)(F)F. The first kappa shape index (κ1) is 28.9. The number of halogens is 9. The molecule has 182 valence electrons. The van der Waals surface area contributed by atoms with Gasteiger partial charge in [-0.2, -0.15) is 39.5 Å². The minimum Gasteiger partial charge on any atom is -0.498 e. The van der Waals surface area contributed by atoms with Crippen LogP contribution in [-0.2, 0) is 23.8 Å². The number of rotatable bonds is 12. The van der Waals surface area contributed by atoms with Crippen LogP contribution in [0.5, 0.6) is 0 Å². The Kier molecular flexibility index (Phi) is 9.29. The van der Waals surface area contributed by atoms with Crippen molar-refractivity contribution in [2.24, 2.45) is 5.41 Å². The number of hydrogen-bond donors (Lipinski definition) is 0. The summed E-state index contributed by atoms with van der Waals surface area (Å²) in [6.45, 7) is 5.65. The van der Waals surface area contributed by atoms with Crippen molar-refractivity contribution in [1.29, 1.82) is 0 Å². The van der Waals surface area contributed by atoms with Gasteiger partial charge in [-0.15, -0.1) is 0 Å². The van der Waals surface area contributed by atoms with E-state index in [4.69, 9.17) is 0 Å². The van der Waals surface area contributed by atoms with Gasteiger partial charge < -0.3 is 14.2 Å². The minimum absolute atomic E-state index is 0.420. The molecule has 0 amide bonds. The minimum atomic E-state index is -6.99. The zero-order chi connectivity index (χ0) is 24.9. The molecule has 0 aromatic rings. The molecule has 0 spiro atoms. The van der Waals surface area contributed by atoms with E-state index in [0.717, 1.165) is 0 Å². The maximum absolute atomic E-state index is 13.3. The summed E-state index contributed by atoms with van der Waals surface area (Å²) in [6, 6.07) is 0. The van der Waals surface area contributed by atoms with Crippen LogP contribution in [0.15, 0.2) is 12.3 Å². The lowest BCUT2D eigenvalue weighted by atomic mass is 9.91. The molecule has 0 radical (unpaired) electrons. The molecule has 31 heavy (non-hydrogen) atoms. The number of carbonyl (C=O) groups is 2. The standard InChI is InChI=1S/C17H21F9O5/c1-5-13(3,4)12(28)31-9-30-11(27)8-10(2)29-7-6-14(18,19)15(20,21)16(22,23)17(24,25)26/h2,5-9H2,1,3-4H3. The van der Waals surface area contributed by atoms with Crippen LogP contribution >= 0.6 is 0 Å². The third kappa shape index (κ3) is 7.20. The van der Waals surface area contributed by atoms with Crippen LogP contribution in [0.4, 0.5) is 39.5 Å². The molecule has 0 aliphatic heterocycles. The van der Waals surface area contributed by atoms with E-state index in [1.807, 2.05) is 0 Å². The fraction of sp³-hybridized carbons (Fsp3) is 0.765. The molecule has 0 unspecified atom stereocenters. The van der Waals surface area contributed by atoms with Gasteiger partial charge in [0.25, 0.3) is 0 Å². The van der Waals surface area contributed by atoms with Crippen LogP contribution in [0, 0.1) is 5.41 Å². The van der Waals surface area contributed by atoms with Gasteiger partial charge in [0, 0.05) is 0 Å². The largest absolute Gasteiger partial charge is 0.498 e. The highest BCUT2D eigenvalue weighted by molar-refractivity contribution is 5.76. The Labute approximate surface area is 171 Å². The van der Waals surface area contributed by atoms with Crippen molar-refractivity contribution >= 4 is 11.9 Å². The first-order valence-electron chi connectivity index (χ1n) is 8.56. The smallest absolute Gasteiger partial charge is 0.460 e. The van der Waals surface area contributed by atoms with Gasteiger partial charge in [-0.3, -0.25) is 9.59 Å². The van der Waals surface area contributed by atoms with Crippen molar-refractivity contribution in [3.63, 3.8) is 0 Å². The molecule has 5 nitrogen and oxygen atoms in total. The van der Waals surface area contributed by atoms with E-state index in [1.165, 1.54) is 0 Å². The quantitative estimate of drug-likeness (QED) is 0.167. The van der Waals surface area contributed by atoms with Gasteiger partial charge in [0.15, 0.2) is 0 Å². The molecular weight excluding hydrogens is 455 g/mol. The number of esters is 2. The molecule has 0 saturated heterocycles. The van der Waals surface area contributed by atoms with E-state index in [2.05, 4.69) is 20.8 Å². The number of ether oxygens (including phenoxy) is 3. The van der Waals surface area contributed by atoms with E-state index in [-0.39, 0.29) is 0 Å². The Hall–Kier alpha value is -2.15. The molecule has 0 fully saturated rings. The maximum Gasteiger partial charge on any atom is 0.460 e. The first-order chi connectivity index (χ1) is 13.7. The third-order valence-corrected chi connectivity index (χ3v) is 4.12. The molecule has 0 N–H and O–H groups in total. The number of carbonyl (C=O) groups excluding carboxylic acids is 2. The summed E-state index contributed by atoms with van der Waals surface area (Å²) in [5.41, 5.74) is -0.852. The van der Waals surface area contributed by atoms with E-state index in [0.29, 0.717) is 6.42 Å². The summed E-state index contributed by atoms with van der Waals surface area (Å²) >= 11 is 0. The highest BCUT2D eigenvalue weighted by Gasteiger charge is 2.81. The van der Waals surface area contributed by atoms with Gasteiger partial charge in [0.05, 0.1) is 24.2 Å². The Morgan fingerprint density at radius 3 is 1.81 bits per heavy atom. The number of alkyl halides is 9. The predicted octanol–water partition coefficient (Wildman–Crippen LogP) is 5.25. The zero-order valence-electron chi connectivity index (χ0n) is 16.7. The molecule has 0 rings (SSSR count). The predicted molar refractivity (Wildman–Crippen MR) is 86.3 cm³/mol. The average Bonchev–Trinajstić information content (AvgIpc) is 2.59. The van der Waals surface area contributed by atoms with Gasteiger partial charge in [0.2, 0.25) is 6.79 Å². The van der Waals surface area contributed by atoms with Crippen molar-refractivity contribution in [3.8, 4) is 0 Å². The fourth-order valence-corrected chi connectivity index (χ4v) is 1.64. The van der Waals surface area contributed by atoms with E-state index in [9.17, 15) is 49.1 Å². The van der Waals surface area contributed by atoms with Crippen LogP contribution in [0.3, 0.4) is 0 Å². The number of hydrogen-bond acceptors (Lipinski definition) is 5. The Morgan fingerprint density at radius 2 is 1.35 bits per heavy atom. The molecular formula is C17H21F9O5. The lowest BCUT2D eigenvalue weighted by molar-refractivity contribution is -0.397. The summed E-state index contributed by atoms with van der Waals surface area (Å²) in [4.78, 5) is 23.1. The molecule has 0 aromatic carbocycles. The van der Waals surface area contributed by atoms with Crippen LogP contribution in [0.2, 0.25) is 0 Å². The lowest BCUT2D eigenvalue weighted by Crippen LogP contribution is -2.61. The molecule has 0 atom stereocenters. The summed E-state index contributed by atoms with van der Waals surface area (Å²) in [5, 5.41) is 0. The molecule has 0 aliphatic carbocycles. The zero-order valence-corrected chi connectivity index (χ0v) is 16.7. The molecule has 0 bridgehead atoms. The molecule has 14 heteroatoms. The lowest BCUT2D eigenvalue weighted by Gasteiger charge is -2.33. The normalized spacial score (nSPS) is 13.5. The second-order valence-corrected chi connectivity index (χ2v) is 6.97. The maximum atomic E-state index is 13.3. The van der Waals surface area contributed by atoms with Crippen molar-refractivity contribution in [2.45, 2.75) is 64.0 Å². The van der Waals surface area contributed by atoms with E-state index < -0.39 is 73.3 Å². The van der Waals surface area contributed by atoms with Gasteiger partial charge >= 0.3 is 35.9 Å². The van der Waals surface area contributed by atoms with Crippen molar-refractivity contribution in [1.82, 2.24) is 0 Å². The van der Waals surface area contributed by atoms with Crippen molar-refractivity contribution < 1.29 is 63.3 Å². The topological polar surface area (TPSA) is 61.8 Å². The summed E-state index contributed by atoms with van der Waals surface area (Å²) in [5.74, 6) is -22.0.